The van der Waals surface area contributed by atoms with Crippen molar-refractivity contribution < 1.29 is 13.9 Å². The molecule has 1 aliphatic heterocycles. The molecule has 0 bridgehead atoms. The Kier molecular flexibility index (Phi) is 5.44. The first kappa shape index (κ1) is 17.6. The molecule has 1 saturated heterocycles. The van der Waals surface area contributed by atoms with Gasteiger partial charge < -0.3 is 14.1 Å². The summed E-state index contributed by atoms with van der Waals surface area (Å²) < 4.78 is 10.9. The molecule has 1 aromatic carbocycles. The predicted octanol–water partition coefficient (Wildman–Crippen LogP) is 4.02. The molecule has 1 aliphatic rings. The van der Waals surface area contributed by atoms with E-state index in [1.54, 1.807) is 35.2 Å². The lowest BCUT2D eigenvalue weighted by atomic mass is 10.2. The molecule has 0 atom stereocenters. The van der Waals surface area contributed by atoms with E-state index in [2.05, 4.69) is 0 Å². The van der Waals surface area contributed by atoms with E-state index in [1.807, 2.05) is 6.07 Å². The molecule has 0 saturated carbocycles. The third kappa shape index (κ3) is 3.88. The summed E-state index contributed by atoms with van der Waals surface area (Å²) in [5.74, 6) is 0.573. The van der Waals surface area contributed by atoms with E-state index in [1.165, 1.54) is 6.08 Å². The average Bonchev–Trinajstić information content (AvgIpc) is 3.10. The summed E-state index contributed by atoms with van der Waals surface area (Å²) in [6.07, 6.45) is 1.43. The van der Waals surface area contributed by atoms with Gasteiger partial charge >= 0.3 is 0 Å². The van der Waals surface area contributed by atoms with Crippen LogP contribution in [0.15, 0.2) is 40.3 Å². The third-order valence-corrected chi connectivity index (χ3v) is 4.60. The number of amides is 1. The zero-order valence-corrected chi connectivity index (χ0v) is 14.7. The number of nitriles is 1. The van der Waals surface area contributed by atoms with Crippen LogP contribution in [0.2, 0.25) is 10.0 Å². The van der Waals surface area contributed by atoms with Crippen molar-refractivity contribution in [3.63, 3.8) is 0 Å². The van der Waals surface area contributed by atoms with Gasteiger partial charge in [-0.25, -0.2) is 0 Å². The Morgan fingerprint density at radius 2 is 1.96 bits per heavy atom. The van der Waals surface area contributed by atoms with Crippen LogP contribution in [0.3, 0.4) is 0 Å². The van der Waals surface area contributed by atoms with Gasteiger partial charge in [-0.3, -0.25) is 4.79 Å². The molecule has 1 aromatic heterocycles. The molecular weight excluding hydrogens is 363 g/mol. The topological polar surface area (TPSA) is 66.5 Å². The Hall–Kier alpha value is -2.26. The number of nitrogens with zero attached hydrogens (tertiary/aromatic N) is 2. The Balaban J connectivity index is 1.85. The highest BCUT2D eigenvalue weighted by atomic mass is 35.5. The van der Waals surface area contributed by atoms with Gasteiger partial charge in [-0.2, -0.15) is 5.26 Å². The van der Waals surface area contributed by atoms with E-state index in [0.29, 0.717) is 53.4 Å². The fourth-order valence-corrected chi connectivity index (χ4v) is 2.88. The maximum absolute atomic E-state index is 12.4. The van der Waals surface area contributed by atoms with Gasteiger partial charge in [-0.15, -0.1) is 0 Å². The molecule has 0 N–H and O–H groups in total. The van der Waals surface area contributed by atoms with E-state index < -0.39 is 0 Å². The minimum absolute atomic E-state index is 0.0139. The summed E-state index contributed by atoms with van der Waals surface area (Å²) in [4.78, 5) is 14.0. The zero-order chi connectivity index (χ0) is 17.8. The molecule has 2 heterocycles. The van der Waals surface area contributed by atoms with Crippen LogP contribution in [0.4, 0.5) is 0 Å². The number of benzene rings is 1. The van der Waals surface area contributed by atoms with Crippen LogP contribution in [0.5, 0.6) is 0 Å². The van der Waals surface area contributed by atoms with Crippen LogP contribution < -0.4 is 0 Å². The summed E-state index contributed by atoms with van der Waals surface area (Å²) >= 11 is 12.2. The van der Waals surface area contributed by atoms with E-state index in [9.17, 15) is 10.1 Å². The SMILES string of the molecule is N#C/C(=C/c1ccc(-c2cccc(Cl)c2Cl)o1)C(=O)N1CCOCC1. The Morgan fingerprint density at radius 1 is 1.20 bits per heavy atom. The fraction of sp³-hybridized carbons (Fsp3) is 0.222. The Labute approximate surface area is 155 Å². The normalized spacial score (nSPS) is 15.1. The van der Waals surface area contributed by atoms with E-state index in [-0.39, 0.29) is 11.5 Å². The van der Waals surface area contributed by atoms with Crippen molar-refractivity contribution in [2.45, 2.75) is 0 Å². The first-order valence-electron chi connectivity index (χ1n) is 7.63. The monoisotopic (exact) mass is 376 g/mol. The fourth-order valence-electron chi connectivity index (χ4n) is 2.49. The van der Waals surface area contributed by atoms with Gasteiger partial charge in [0.2, 0.25) is 0 Å². The second-order valence-corrected chi connectivity index (χ2v) is 6.16. The van der Waals surface area contributed by atoms with E-state index >= 15 is 0 Å². The van der Waals surface area contributed by atoms with Crippen molar-refractivity contribution in [1.82, 2.24) is 4.90 Å². The van der Waals surface area contributed by atoms with Crippen molar-refractivity contribution in [2.75, 3.05) is 26.3 Å². The quantitative estimate of drug-likeness (QED) is 0.599. The molecule has 0 spiro atoms. The largest absolute Gasteiger partial charge is 0.457 e. The van der Waals surface area contributed by atoms with Crippen molar-refractivity contribution in [2.24, 2.45) is 0 Å². The highest BCUT2D eigenvalue weighted by Crippen LogP contribution is 2.34. The molecule has 0 radical (unpaired) electrons. The van der Waals surface area contributed by atoms with Crippen molar-refractivity contribution in [1.29, 1.82) is 5.26 Å². The maximum Gasteiger partial charge on any atom is 0.264 e. The van der Waals surface area contributed by atoms with Crippen LogP contribution in [0.1, 0.15) is 5.76 Å². The maximum atomic E-state index is 12.4. The van der Waals surface area contributed by atoms with E-state index in [4.69, 9.17) is 32.4 Å². The molecule has 3 rings (SSSR count). The molecule has 25 heavy (non-hydrogen) atoms. The minimum Gasteiger partial charge on any atom is -0.457 e. The van der Waals surface area contributed by atoms with Gasteiger partial charge in [-0.05, 0) is 24.3 Å². The smallest absolute Gasteiger partial charge is 0.264 e. The Morgan fingerprint density at radius 3 is 2.68 bits per heavy atom. The standard InChI is InChI=1S/C18H14Cl2N2O3/c19-15-3-1-2-14(17(15)20)16-5-4-13(25-16)10-12(11-21)18(23)22-6-8-24-9-7-22/h1-5,10H,6-9H2/b12-10-. The van der Waals surface area contributed by atoms with Crippen molar-refractivity contribution >= 4 is 35.2 Å². The molecule has 2 aromatic rings. The number of morpholine rings is 1. The van der Waals surface area contributed by atoms with Crippen LogP contribution in [0.25, 0.3) is 17.4 Å². The number of furan rings is 1. The van der Waals surface area contributed by atoms with E-state index in [0.717, 1.165) is 0 Å². The van der Waals surface area contributed by atoms with Crippen LogP contribution in [-0.2, 0) is 9.53 Å². The first-order valence-corrected chi connectivity index (χ1v) is 8.39. The summed E-state index contributed by atoms with van der Waals surface area (Å²) in [7, 11) is 0. The number of hydrogen-bond acceptors (Lipinski definition) is 4. The lowest BCUT2D eigenvalue weighted by Crippen LogP contribution is -2.41. The second-order valence-electron chi connectivity index (χ2n) is 5.38. The number of carbonyl (C=O) groups excluding carboxylic acids is 1. The third-order valence-electron chi connectivity index (χ3n) is 3.78. The van der Waals surface area contributed by atoms with Gasteiger partial charge in [0, 0.05) is 24.7 Å². The second kappa shape index (κ2) is 7.75. The molecule has 0 aliphatic carbocycles. The van der Waals surface area contributed by atoms with Crippen LogP contribution in [-0.4, -0.2) is 37.1 Å². The molecular formula is C18H14Cl2N2O3. The molecule has 1 amide bonds. The number of rotatable bonds is 3. The van der Waals surface area contributed by atoms with Gasteiger partial charge in [0.25, 0.3) is 5.91 Å². The average molecular weight is 377 g/mol. The summed E-state index contributed by atoms with van der Waals surface area (Å²) in [5, 5.41) is 10.1. The molecule has 5 nitrogen and oxygen atoms in total. The van der Waals surface area contributed by atoms with Crippen molar-refractivity contribution in [3.8, 4) is 17.4 Å². The van der Waals surface area contributed by atoms with Gasteiger partial charge in [0.1, 0.15) is 23.2 Å². The highest BCUT2D eigenvalue weighted by molar-refractivity contribution is 6.43. The summed E-state index contributed by atoms with van der Waals surface area (Å²) in [5.41, 5.74) is 0.659. The Bertz CT molecular complexity index is 861. The number of carbonyl (C=O) groups is 1. The molecule has 0 unspecified atom stereocenters. The molecule has 1 fully saturated rings. The zero-order valence-electron chi connectivity index (χ0n) is 13.2. The summed E-state index contributed by atoms with van der Waals surface area (Å²) in [6.45, 7) is 1.89. The predicted molar refractivity (Wildman–Crippen MR) is 95.2 cm³/mol. The lowest BCUT2D eigenvalue weighted by molar-refractivity contribution is -0.130. The van der Waals surface area contributed by atoms with Crippen molar-refractivity contribution in [3.05, 3.63) is 51.7 Å². The van der Waals surface area contributed by atoms with Gasteiger partial charge in [0.15, 0.2) is 0 Å². The van der Waals surface area contributed by atoms with Crippen LogP contribution >= 0.6 is 23.2 Å². The molecule has 128 valence electrons. The number of ether oxygens (including phenoxy) is 1. The van der Waals surface area contributed by atoms with Crippen LogP contribution in [0, 0.1) is 11.3 Å². The minimum atomic E-state index is -0.329. The van der Waals surface area contributed by atoms with Gasteiger partial charge in [0.05, 0.1) is 23.3 Å². The number of halogens is 2. The highest BCUT2D eigenvalue weighted by Gasteiger charge is 2.21. The summed E-state index contributed by atoms with van der Waals surface area (Å²) in [6, 6.07) is 10.6. The van der Waals surface area contributed by atoms with Gasteiger partial charge in [-0.1, -0.05) is 29.3 Å². The first-order chi connectivity index (χ1) is 12.1. The molecule has 7 heteroatoms. The lowest BCUT2D eigenvalue weighted by Gasteiger charge is -2.26. The number of hydrogen-bond donors (Lipinski definition) is 0.